The molecule has 0 unspecified atom stereocenters. The van der Waals surface area contributed by atoms with Crippen LogP contribution in [0.3, 0.4) is 0 Å². The van der Waals surface area contributed by atoms with E-state index >= 15 is 0 Å². The van der Waals surface area contributed by atoms with Crippen LogP contribution in [0.25, 0.3) is 50.5 Å². The zero-order valence-electron chi connectivity index (χ0n) is 19.4. The maximum atomic E-state index is 4.91. The Morgan fingerprint density at radius 2 is 1.88 bits per heavy atom. The molecule has 0 amide bonds. The standard InChI is InChI=1S/C25H23N9/c1-14(2)33-13-18(11-28-33)19-10-23-27-12-22(34(23)32-16(19)4)20-9-17-6-5-7-26-25(17)29-24(20)21-8-15(3)30-31-21/h5-14H,1-4H3,(H,30,31). The maximum absolute atomic E-state index is 4.91. The second kappa shape index (κ2) is 7.58. The molecule has 168 valence electrons. The van der Waals surface area contributed by atoms with E-state index in [-0.39, 0.29) is 0 Å². The fraction of sp³-hybridized carbons (Fsp3) is 0.200. The van der Waals surface area contributed by atoms with Gasteiger partial charge in [0.05, 0.1) is 23.8 Å². The molecule has 0 radical (unpaired) electrons. The molecule has 0 aromatic carbocycles. The van der Waals surface area contributed by atoms with Gasteiger partial charge in [0, 0.05) is 46.2 Å². The summed E-state index contributed by atoms with van der Waals surface area (Å²) in [6, 6.07) is 10.3. The Kier molecular flexibility index (Phi) is 4.51. The van der Waals surface area contributed by atoms with Gasteiger partial charge >= 0.3 is 0 Å². The van der Waals surface area contributed by atoms with Gasteiger partial charge in [-0.05, 0) is 58.0 Å². The van der Waals surface area contributed by atoms with E-state index in [2.05, 4.69) is 51.2 Å². The van der Waals surface area contributed by atoms with E-state index in [1.54, 1.807) is 6.20 Å². The van der Waals surface area contributed by atoms with Crippen molar-refractivity contribution in [1.82, 2.24) is 44.5 Å². The first-order valence-corrected chi connectivity index (χ1v) is 11.2. The highest BCUT2D eigenvalue weighted by Crippen LogP contribution is 2.33. The summed E-state index contributed by atoms with van der Waals surface area (Å²) in [5, 5.41) is 17.8. The SMILES string of the molecule is Cc1cc(-c2nc3ncccc3cc2-c2cnc3cc(-c4cnn(C(C)C)c4)c(C)nn23)n[nH]1. The van der Waals surface area contributed by atoms with Crippen molar-refractivity contribution in [1.29, 1.82) is 0 Å². The molecule has 6 aromatic heterocycles. The van der Waals surface area contributed by atoms with Crippen LogP contribution in [0.2, 0.25) is 0 Å². The third kappa shape index (κ3) is 3.24. The lowest BCUT2D eigenvalue weighted by atomic mass is 10.1. The molecule has 9 nitrogen and oxygen atoms in total. The van der Waals surface area contributed by atoms with E-state index in [1.165, 1.54) is 0 Å². The van der Waals surface area contributed by atoms with E-state index in [9.17, 15) is 0 Å². The Labute approximate surface area is 195 Å². The predicted molar refractivity (Wildman–Crippen MR) is 130 cm³/mol. The average Bonchev–Trinajstić information content (AvgIpc) is 3.57. The summed E-state index contributed by atoms with van der Waals surface area (Å²) in [5.74, 6) is 0. The Hall–Kier alpha value is -4.40. The minimum Gasteiger partial charge on any atom is -0.282 e. The molecule has 0 spiro atoms. The summed E-state index contributed by atoms with van der Waals surface area (Å²) in [5.41, 5.74) is 8.54. The summed E-state index contributed by atoms with van der Waals surface area (Å²) < 4.78 is 3.82. The summed E-state index contributed by atoms with van der Waals surface area (Å²) in [6.45, 7) is 8.19. The van der Waals surface area contributed by atoms with Crippen molar-refractivity contribution in [2.45, 2.75) is 33.7 Å². The number of hydrogen-bond acceptors (Lipinski definition) is 6. The number of imidazole rings is 1. The van der Waals surface area contributed by atoms with Crippen molar-refractivity contribution in [3.8, 4) is 33.8 Å². The third-order valence-electron chi connectivity index (χ3n) is 5.93. The number of hydrogen-bond donors (Lipinski definition) is 1. The van der Waals surface area contributed by atoms with Crippen LogP contribution in [0.4, 0.5) is 0 Å². The molecule has 0 fully saturated rings. The summed E-state index contributed by atoms with van der Waals surface area (Å²) >= 11 is 0. The van der Waals surface area contributed by atoms with Crippen molar-refractivity contribution in [2.24, 2.45) is 0 Å². The van der Waals surface area contributed by atoms with Crippen molar-refractivity contribution >= 4 is 16.7 Å². The molecule has 9 heteroatoms. The molecule has 0 saturated carbocycles. The Bertz CT molecular complexity index is 1670. The van der Waals surface area contributed by atoms with E-state index < -0.39 is 0 Å². The van der Waals surface area contributed by atoms with E-state index in [1.807, 2.05) is 59.8 Å². The van der Waals surface area contributed by atoms with Crippen molar-refractivity contribution < 1.29 is 0 Å². The molecule has 0 saturated heterocycles. The lowest BCUT2D eigenvalue weighted by Crippen LogP contribution is -2.01. The first-order chi connectivity index (χ1) is 16.5. The Morgan fingerprint density at radius 1 is 1.00 bits per heavy atom. The zero-order chi connectivity index (χ0) is 23.4. The van der Waals surface area contributed by atoms with Crippen molar-refractivity contribution in [3.63, 3.8) is 0 Å². The first-order valence-electron chi connectivity index (χ1n) is 11.2. The predicted octanol–water partition coefficient (Wildman–Crippen LogP) is 4.79. The number of H-pyrrole nitrogens is 1. The quantitative estimate of drug-likeness (QED) is 0.415. The smallest absolute Gasteiger partial charge is 0.159 e. The molecule has 0 atom stereocenters. The first kappa shape index (κ1) is 20.2. The van der Waals surface area contributed by atoms with E-state index in [4.69, 9.17) is 10.1 Å². The monoisotopic (exact) mass is 449 g/mol. The number of aromatic amines is 1. The lowest BCUT2D eigenvalue weighted by molar-refractivity contribution is 0.532. The van der Waals surface area contributed by atoms with Crippen LogP contribution in [-0.4, -0.2) is 44.5 Å². The number of rotatable bonds is 4. The number of nitrogens with zero attached hydrogens (tertiary/aromatic N) is 8. The van der Waals surface area contributed by atoms with E-state index in [0.717, 1.165) is 56.2 Å². The van der Waals surface area contributed by atoms with Gasteiger partial charge in [-0.2, -0.15) is 15.3 Å². The van der Waals surface area contributed by atoms with Crippen molar-refractivity contribution in [2.75, 3.05) is 0 Å². The van der Waals surface area contributed by atoms with Crippen LogP contribution in [-0.2, 0) is 0 Å². The number of aryl methyl sites for hydroxylation is 2. The molecule has 0 aliphatic carbocycles. The van der Waals surface area contributed by atoms with Crippen LogP contribution in [0, 0.1) is 13.8 Å². The molecule has 6 rings (SSSR count). The number of aromatic nitrogens is 9. The Morgan fingerprint density at radius 3 is 2.65 bits per heavy atom. The molecule has 1 N–H and O–H groups in total. The molecular weight excluding hydrogens is 426 g/mol. The van der Waals surface area contributed by atoms with Crippen LogP contribution in [0.15, 0.2) is 55.1 Å². The van der Waals surface area contributed by atoms with Gasteiger partial charge < -0.3 is 0 Å². The topological polar surface area (TPSA) is 102 Å². The normalized spacial score (nSPS) is 11.8. The summed E-state index contributed by atoms with van der Waals surface area (Å²) in [4.78, 5) is 14.0. The molecule has 0 aliphatic heterocycles. The summed E-state index contributed by atoms with van der Waals surface area (Å²) in [7, 11) is 0. The van der Waals surface area contributed by atoms with Gasteiger partial charge in [-0.15, -0.1) is 0 Å². The fourth-order valence-corrected chi connectivity index (χ4v) is 4.17. The zero-order valence-corrected chi connectivity index (χ0v) is 19.4. The second-order valence-electron chi connectivity index (χ2n) is 8.73. The van der Waals surface area contributed by atoms with Crippen LogP contribution >= 0.6 is 0 Å². The molecule has 6 aromatic rings. The second-order valence-corrected chi connectivity index (χ2v) is 8.73. The average molecular weight is 450 g/mol. The minimum absolute atomic E-state index is 0.294. The maximum Gasteiger partial charge on any atom is 0.159 e. The number of nitrogens with one attached hydrogen (secondary N) is 1. The molecular formula is C25H23N9. The van der Waals surface area contributed by atoms with Gasteiger partial charge in [0.1, 0.15) is 11.4 Å². The third-order valence-corrected chi connectivity index (χ3v) is 5.93. The van der Waals surface area contributed by atoms with Gasteiger partial charge in [0.2, 0.25) is 0 Å². The van der Waals surface area contributed by atoms with Gasteiger partial charge in [-0.25, -0.2) is 19.5 Å². The molecule has 0 aliphatic rings. The molecule has 34 heavy (non-hydrogen) atoms. The highest BCUT2D eigenvalue weighted by Gasteiger charge is 2.19. The van der Waals surface area contributed by atoms with Crippen LogP contribution < -0.4 is 0 Å². The van der Waals surface area contributed by atoms with Gasteiger partial charge in [-0.1, -0.05) is 0 Å². The van der Waals surface area contributed by atoms with Gasteiger partial charge in [0.15, 0.2) is 11.3 Å². The largest absolute Gasteiger partial charge is 0.282 e. The highest BCUT2D eigenvalue weighted by molar-refractivity contribution is 5.89. The van der Waals surface area contributed by atoms with Gasteiger partial charge in [0.25, 0.3) is 0 Å². The number of fused-ring (bicyclic) bond motifs is 2. The fourth-order valence-electron chi connectivity index (χ4n) is 4.17. The van der Waals surface area contributed by atoms with Crippen LogP contribution in [0.1, 0.15) is 31.3 Å². The molecule has 6 heterocycles. The Balaban J connectivity index is 1.55. The van der Waals surface area contributed by atoms with Gasteiger partial charge in [-0.3, -0.25) is 9.78 Å². The number of pyridine rings is 2. The molecule has 0 bridgehead atoms. The van der Waals surface area contributed by atoms with Crippen molar-refractivity contribution in [3.05, 3.63) is 66.5 Å². The highest BCUT2D eigenvalue weighted by atomic mass is 15.3. The minimum atomic E-state index is 0.294. The van der Waals surface area contributed by atoms with E-state index in [0.29, 0.717) is 11.7 Å². The van der Waals surface area contributed by atoms with Crippen LogP contribution in [0.5, 0.6) is 0 Å². The summed E-state index contributed by atoms with van der Waals surface area (Å²) in [6.07, 6.45) is 7.51. The lowest BCUT2D eigenvalue weighted by Gasteiger charge is -2.10.